The Labute approximate surface area is 251 Å². The van der Waals surface area contributed by atoms with Gasteiger partial charge in [-0.2, -0.15) is 0 Å². The molecule has 2 rings (SSSR count). The van der Waals surface area contributed by atoms with E-state index in [1.807, 2.05) is 0 Å². The molecule has 0 spiro atoms. The highest BCUT2D eigenvalue weighted by Crippen LogP contribution is 2.29. The summed E-state index contributed by atoms with van der Waals surface area (Å²) in [7, 11) is 0. The normalized spacial score (nSPS) is 34.6. The molecule has 0 aromatic rings. The van der Waals surface area contributed by atoms with Gasteiger partial charge in [0, 0.05) is 0 Å². The molecule has 0 aromatic carbocycles. The standard InChI is InChI=1S/C28H52O15/c29-13-18-20(33)21(34)23(36)28(41-18)43-25-19(14-30)42-27(24(37)22(25)35)40-15-16(31)11-9-7-5-3-1-2-4-6-8-10-12-17(32)26(38)39/h16-25,27-37H,1-15H2,(H,38,39). The lowest BCUT2D eigenvalue weighted by Gasteiger charge is -2.46. The van der Waals surface area contributed by atoms with Crippen LogP contribution in [0.3, 0.4) is 0 Å². The third-order valence-electron chi connectivity index (χ3n) is 7.96. The van der Waals surface area contributed by atoms with Crippen molar-refractivity contribution in [2.45, 2.75) is 151 Å². The molecule has 254 valence electrons. The molecule has 12 unspecified atom stereocenters. The minimum Gasteiger partial charge on any atom is -0.479 e. The minimum absolute atomic E-state index is 0.186. The Morgan fingerprint density at radius 3 is 1.65 bits per heavy atom. The predicted molar refractivity (Wildman–Crippen MR) is 147 cm³/mol. The summed E-state index contributed by atoms with van der Waals surface area (Å²) in [6, 6.07) is 0. The Morgan fingerprint density at radius 1 is 0.628 bits per heavy atom. The van der Waals surface area contributed by atoms with Crippen molar-refractivity contribution in [3.63, 3.8) is 0 Å². The van der Waals surface area contributed by atoms with Crippen molar-refractivity contribution in [3.8, 4) is 0 Å². The van der Waals surface area contributed by atoms with Crippen LogP contribution in [0.2, 0.25) is 0 Å². The minimum atomic E-state index is -1.75. The van der Waals surface area contributed by atoms with Crippen molar-refractivity contribution in [3.05, 3.63) is 0 Å². The van der Waals surface area contributed by atoms with Crippen molar-refractivity contribution in [2.75, 3.05) is 19.8 Å². The summed E-state index contributed by atoms with van der Waals surface area (Å²) in [6.45, 7) is -1.55. The van der Waals surface area contributed by atoms with Gasteiger partial charge >= 0.3 is 5.97 Å². The molecule has 0 bridgehead atoms. The molecule has 10 N–H and O–H groups in total. The number of aliphatic hydroxyl groups excluding tert-OH is 9. The van der Waals surface area contributed by atoms with Crippen LogP contribution in [0.1, 0.15) is 77.0 Å². The van der Waals surface area contributed by atoms with E-state index in [-0.39, 0.29) is 13.0 Å². The molecule has 0 aliphatic carbocycles. The van der Waals surface area contributed by atoms with Crippen molar-refractivity contribution in [2.24, 2.45) is 0 Å². The molecule has 15 nitrogen and oxygen atoms in total. The topological polar surface area (TPSA) is 256 Å². The van der Waals surface area contributed by atoms with Crippen LogP contribution in [0.25, 0.3) is 0 Å². The molecule has 2 saturated heterocycles. The lowest BCUT2D eigenvalue weighted by atomic mass is 9.97. The zero-order chi connectivity index (χ0) is 31.9. The second-order valence-corrected chi connectivity index (χ2v) is 11.5. The maximum atomic E-state index is 10.7. The van der Waals surface area contributed by atoms with Gasteiger partial charge in [0.25, 0.3) is 0 Å². The average molecular weight is 629 g/mol. The zero-order valence-corrected chi connectivity index (χ0v) is 24.5. The molecular weight excluding hydrogens is 576 g/mol. The van der Waals surface area contributed by atoms with E-state index in [1.54, 1.807) is 0 Å². The van der Waals surface area contributed by atoms with Gasteiger partial charge in [0.1, 0.15) is 48.8 Å². The van der Waals surface area contributed by atoms with Crippen molar-refractivity contribution < 1.29 is 74.8 Å². The lowest BCUT2D eigenvalue weighted by molar-refractivity contribution is -0.360. The van der Waals surface area contributed by atoms with Crippen molar-refractivity contribution in [1.29, 1.82) is 0 Å². The average Bonchev–Trinajstić information content (AvgIpc) is 2.99. The summed E-state index contributed by atoms with van der Waals surface area (Å²) < 4.78 is 21.8. The molecule has 2 fully saturated rings. The predicted octanol–water partition coefficient (Wildman–Crippen LogP) is -1.89. The molecule has 0 amide bonds. The fourth-order valence-electron chi connectivity index (χ4n) is 5.24. The highest BCUT2D eigenvalue weighted by Gasteiger charge is 2.50. The van der Waals surface area contributed by atoms with E-state index in [2.05, 4.69) is 0 Å². The molecular formula is C28H52O15. The van der Waals surface area contributed by atoms with E-state index >= 15 is 0 Å². The van der Waals surface area contributed by atoms with Crippen LogP contribution in [0.15, 0.2) is 0 Å². The number of aliphatic hydroxyl groups is 9. The van der Waals surface area contributed by atoms with Gasteiger partial charge in [-0.1, -0.05) is 64.2 Å². The van der Waals surface area contributed by atoms with Gasteiger partial charge in [-0.05, 0) is 12.8 Å². The van der Waals surface area contributed by atoms with Crippen LogP contribution in [0, 0.1) is 0 Å². The largest absolute Gasteiger partial charge is 0.479 e. The first-order chi connectivity index (χ1) is 20.5. The van der Waals surface area contributed by atoms with Gasteiger partial charge < -0.3 is 70.0 Å². The summed E-state index contributed by atoms with van der Waals surface area (Å²) in [6.07, 6.45) is -7.05. The molecule has 0 saturated carbocycles. The molecule has 2 heterocycles. The number of hydrogen-bond acceptors (Lipinski definition) is 14. The third-order valence-corrected chi connectivity index (χ3v) is 7.96. The number of aliphatic carboxylic acids is 1. The van der Waals surface area contributed by atoms with Crippen LogP contribution in [0.5, 0.6) is 0 Å². The number of carboxylic acid groups (broad SMARTS) is 1. The smallest absolute Gasteiger partial charge is 0.332 e. The van der Waals surface area contributed by atoms with E-state index in [9.17, 15) is 50.8 Å². The Kier molecular flexibility index (Phi) is 17.9. The maximum absolute atomic E-state index is 10.7. The SMILES string of the molecule is O=C(O)C(O)CCCCCCCCCCCCC(O)COC1OC(CO)C(OC2OC(CO)C(O)C(O)C2O)C(O)C1O. The van der Waals surface area contributed by atoms with E-state index in [1.165, 1.54) is 0 Å². The van der Waals surface area contributed by atoms with Crippen molar-refractivity contribution in [1.82, 2.24) is 0 Å². The molecule has 12 atom stereocenters. The first-order valence-corrected chi connectivity index (χ1v) is 15.3. The van der Waals surface area contributed by atoms with Crippen LogP contribution in [-0.4, -0.2) is 150 Å². The Balaban J connectivity index is 1.61. The molecule has 2 aliphatic rings. The fraction of sp³-hybridized carbons (Fsp3) is 0.964. The van der Waals surface area contributed by atoms with E-state index in [0.717, 1.165) is 57.8 Å². The van der Waals surface area contributed by atoms with Gasteiger partial charge in [-0.15, -0.1) is 0 Å². The second-order valence-electron chi connectivity index (χ2n) is 11.5. The van der Waals surface area contributed by atoms with E-state index in [0.29, 0.717) is 12.8 Å². The lowest BCUT2D eigenvalue weighted by Crippen LogP contribution is -2.64. The van der Waals surface area contributed by atoms with Gasteiger partial charge in [0.15, 0.2) is 18.7 Å². The molecule has 0 aromatic heterocycles. The summed E-state index contributed by atoms with van der Waals surface area (Å²) in [5, 5.41) is 98.6. The number of hydrogen-bond donors (Lipinski definition) is 10. The van der Waals surface area contributed by atoms with Gasteiger partial charge in [0.05, 0.1) is 25.9 Å². The monoisotopic (exact) mass is 628 g/mol. The highest BCUT2D eigenvalue weighted by molar-refractivity contribution is 5.71. The van der Waals surface area contributed by atoms with Gasteiger partial charge in [-0.3, -0.25) is 0 Å². The number of ether oxygens (including phenoxy) is 4. The van der Waals surface area contributed by atoms with E-state index < -0.39 is 92.8 Å². The number of carbonyl (C=O) groups is 1. The van der Waals surface area contributed by atoms with Gasteiger partial charge in [0.2, 0.25) is 0 Å². The first-order valence-electron chi connectivity index (χ1n) is 15.3. The number of rotatable bonds is 21. The first kappa shape index (κ1) is 38.1. The van der Waals surface area contributed by atoms with E-state index in [4.69, 9.17) is 24.1 Å². The molecule has 2 aliphatic heterocycles. The number of carboxylic acids is 1. The number of unbranched alkanes of at least 4 members (excludes halogenated alkanes) is 9. The third kappa shape index (κ3) is 12.3. The zero-order valence-electron chi connectivity index (χ0n) is 24.5. The van der Waals surface area contributed by atoms with Crippen LogP contribution in [-0.2, 0) is 23.7 Å². The Bertz CT molecular complexity index is 756. The van der Waals surface area contributed by atoms with Crippen LogP contribution < -0.4 is 0 Å². The van der Waals surface area contributed by atoms with Crippen LogP contribution >= 0.6 is 0 Å². The highest BCUT2D eigenvalue weighted by atomic mass is 16.7. The summed E-state index contributed by atoms with van der Waals surface area (Å²) in [5.41, 5.74) is 0. The molecule has 0 radical (unpaired) electrons. The quantitative estimate of drug-likeness (QED) is 0.0624. The molecule has 15 heteroatoms. The Morgan fingerprint density at radius 2 is 1.12 bits per heavy atom. The summed E-state index contributed by atoms with van der Waals surface area (Å²) in [4.78, 5) is 10.6. The second kappa shape index (κ2) is 20.2. The maximum Gasteiger partial charge on any atom is 0.332 e. The fourth-order valence-corrected chi connectivity index (χ4v) is 5.24. The molecule has 43 heavy (non-hydrogen) atoms. The van der Waals surface area contributed by atoms with Crippen molar-refractivity contribution >= 4 is 5.97 Å². The Hall–Kier alpha value is -1.05. The summed E-state index contributed by atoms with van der Waals surface area (Å²) >= 11 is 0. The summed E-state index contributed by atoms with van der Waals surface area (Å²) in [5.74, 6) is -1.17. The van der Waals surface area contributed by atoms with Crippen LogP contribution in [0.4, 0.5) is 0 Å². The van der Waals surface area contributed by atoms with Gasteiger partial charge in [-0.25, -0.2) is 4.79 Å².